The summed E-state index contributed by atoms with van der Waals surface area (Å²) in [5.41, 5.74) is 0.700. The normalized spacial score (nSPS) is 22.9. The van der Waals surface area contributed by atoms with Gasteiger partial charge in [-0.2, -0.15) is 4.98 Å². The first-order valence-corrected chi connectivity index (χ1v) is 8.06. The van der Waals surface area contributed by atoms with Crippen LogP contribution in [0.5, 0.6) is 5.88 Å². The summed E-state index contributed by atoms with van der Waals surface area (Å²) >= 11 is 1.51. The number of ether oxygens (including phenoxy) is 1. The van der Waals surface area contributed by atoms with Crippen LogP contribution in [0.1, 0.15) is 38.3 Å². The number of rotatable bonds is 4. The Morgan fingerprint density at radius 1 is 1.52 bits per heavy atom. The molecule has 112 valence electrons. The van der Waals surface area contributed by atoms with Gasteiger partial charge in [-0.05, 0) is 31.3 Å². The molecule has 0 bridgehead atoms. The number of nitrogens with zero attached hydrogens (tertiary/aromatic N) is 2. The van der Waals surface area contributed by atoms with Crippen molar-refractivity contribution in [3.05, 3.63) is 23.3 Å². The molecule has 6 heteroatoms. The van der Waals surface area contributed by atoms with E-state index in [9.17, 15) is 4.79 Å². The van der Waals surface area contributed by atoms with Crippen LogP contribution < -0.4 is 4.74 Å². The fourth-order valence-corrected chi connectivity index (χ4v) is 3.49. The van der Waals surface area contributed by atoms with Crippen molar-refractivity contribution in [2.75, 3.05) is 0 Å². The Bertz CT molecular complexity index is 674. The van der Waals surface area contributed by atoms with Crippen molar-refractivity contribution in [3.8, 4) is 5.88 Å². The summed E-state index contributed by atoms with van der Waals surface area (Å²) in [6.45, 7) is 2.20. The lowest BCUT2D eigenvalue weighted by Crippen LogP contribution is -2.28. The molecule has 0 amide bonds. The topological polar surface area (TPSA) is 63.8 Å². The van der Waals surface area contributed by atoms with Crippen molar-refractivity contribution in [3.63, 3.8) is 0 Å². The Morgan fingerprint density at radius 2 is 2.33 bits per heavy atom. The first-order valence-electron chi connectivity index (χ1n) is 7.18. The maximum atomic E-state index is 10.8. The minimum Gasteiger partial charge on any atom is -0.478 e. The second-order valence-corrected chi connectivity index (χ2v) is 6.32. The number of aromatic nitrogens is 2. The van der Waals surface area contributed by atoms with Gasteiger partial charge >= 0.3 is 5.97 Å². The number of aliphatic carboxylic acids is 1. The molecule has 2 aromatic heterocycles. The molecule has 0 spiro atoms. The Balaban J connectivity index is 1.91. The highest BCUT2D eigenvalue weighted by Gasteiger charge is 2.25. The molecule has 1 aliphatic carbocycles. The van der Waals surface area contributed by atoms with Crippen LogP contribution in [-0.2, 0) is 4.79 Å². The molecule has 21 heavy (non-hydrogen) atoms. The predicted molar refractivity (Wildman–Crippen MR) is 81.8 cm³/mol. The molecule has 1 saturated carbocycles. The molecular formula is C15H18N2O3S. The summed E-state index contributed by atoms with van der Waals surface area (Å²) < 4.78 is 7.97. The van der Waals surface area contributed by atoms with Crippen molar-refractivity contribution in [2.45, 2.75) is 38.7 Å². The van der Waals surface area contributed by atoms with E-state index in [0.717, 1.165) is 17.5 Å². The van der Waals surface area contributed by atoms with Crippen molar-refractivity contribution in [2.24, 2.45) is 5.92 Å². The maximum absolute atomic E-state index is 10.8. The van der Waals surface area contributed by atoms with E-state index >= 15 is 0 Å². The zero-order chi connectivity index (χ0) is 14.8. The Morgan fingerprint density at radius 3 is 3.10 bits per heavy atom. The highest BCUT2D eigenvalue weighted by atomic mass is 32.1. The fraction of sp³-hybridized carbons (Fsp3) is 0.467. The molecule has 0 aliphatic heterocycles. The summed E-state index contributed by atoms with van der Waals surface area (Å²) in [6, 6.07) is 0. The van der Waals surface area contributed by atoms with E-state index in [1.807, 2.05) is 16.0 Å². The lowest BCUT2D eigenvalue weighted by Gasteiger charge is -2.28. The summed E-state index contributed by atoms with van der Waals surface area (Å²) in [6.07, 6.45) is 9.37. The SMILES string of the molecule is CC1CCCCC1Oc1nc2sccn2c1/C=C/C(=O)O. The van der Waals surface area contributed by atoms with Gasteiger partial charge in [-0.25, -0.2) is 4.79 Å². The van der Waals surface area contributed by atoms with E-state index in [1.54, 1.807) is 6.08 Å². The van der Waals surface area contributed by atoms with Crippen molar-refractivity contribution >= 4 is 28.3 Å². The summed E-state index contributed by atoms with van der Waals surface area (Å²) in [4.78, 5) is 16.1. The maximum Gasteiger partial charge on any atom is 0.328 e. The number of thiazole rings is 1. The van der Waals surface area contributed by atoms with Gasteiger partial charge in [0.05, 0.1) is 0 Å². The lowest BCUT2D eigenvalue weighted by molar-refractivity contribution is -0.131. The molecule has 2 atom stereocenters. The molecule has 5 nitrogen and oxygen atoms in total. The van der Waals surface area contributed by atoms with Crippen LogP contribution >= 0.6 is 11.3 Å². The van der Waals surface area contributed by atoms with Crippen LogP contribution in [0.25, 0.3) is 11.0 Å². The average Bonchev–Trinajstić information content (AvgIpc) is 3.00. The largest absolute Gasteiger partial charge is 0.478 e. The molecule has 1 N–H and O–H groups in total. The summed E-state index contributed by atoms with van der Waals surface area (Å²) in [5, 5.41) is 10.8. The number of carboxylic acids is 1. The zero-order valence-corrected chi connectivity index (χ0v) is 12.7. The number of fused-ring (bicyclic) bond motifs is 1. The third kappa shape index (κ3) is 2.95. The first kappa shape index (κ1) is 14.1. The van der Waals surface area contributed by atoms with Gasteiger partial charge in [-0.1, -0.05) is 13.3 Å². The Labute approximate surface area is 126 Å². The highest BCUT2D eigenvalue weighted by Crippen LogP contribution is 2.31. The van der Waals surface area contributed by atoms with Crippen molar-refractivity contribution in [1.29, 1.82) is 0 Å². The summed E-state index contributed by atoms with van der Waals surface area (Å²) in [7, 11) is 0. The zero-order valence-electron chi connectivity index (χ0n) is 11.9. The summed E-state index contributed by atoms with van der Waals surface area (Å²) in [5.74, 6) is 0.0741. The molecule has 1 fully saturated rings. The number of hydrogen-bond donors (Lipinski definition) is 1. The van der Waals surface area contributed by atoms with E-state index in [-0.39, 0.29) is 6.10 Å². The van der Waals surface area contributed by atoms with E-state index in [1.165, 1.54) is 30.6 Å². The van der Waals surface area contributed by atoms with Gasteiger partial charge in [0, 0.05) is 17.7 Å². The number of carbonyl (C=O) groups is 1. The standard InChI is InChI=1S/C15H18N2O3S/c1-10-4-2-3-5-12(10)20-14-11(6-7-13(18)19)17-8-9-21-15(17)16-14/h6-10,12H,2-5H2,1H3,(H,18,19)/b7-6+. The number of carboxylic acid groups (broad SMARTS) is 1. The molecular weight excluding hydrogens is 288 g/mol. The van der Waals surface area contributed by atoms with Crippen LogP contribution in [0.3, 0.4) is 0 Å². The highest BCUT2D eigenvalue weighted by molar-refractivity contribution is 7.15. The molecule has 0 aromatic carbocycles. The van der Waals surface area contributed by atoms with Crippen LogP contribution in [0.15, 0.2) is 17.7 Å². The fourth-order valence-electron chi connectivity index (χ4n) is 2.77. The molecule has 2 heterocycles. The molecule has 0 radical (unpaired) electrons. The van der Waals surface area contributed by atoms with Gasteiger partial charge < -0.3 is 9.84 Å². The van der Waals surface area contributed by atoms with Crippen LogP contribution in [0, 0.1) is 5.92 Å². The quantitative estimate of drug-likeness (QED) is 0.879. The van der Waals surface area contributed by atoms with Gasteiger partial charge in [0.2, 0.25) is 5.88 Å². The van der Waals surface area contributed by atoms with Gasteiger partial charge in [-0.15, -0.1) is 11.3 Å². The molecule has 2 unspecified atom stereocenters. The molecule has 2 aromatic rings. The van der Waals surface area contributed by atoms with Gasteiger partial charge in [0.15, 0.2) is 4.96 Å². The van der Waals surface area contributed by atoms with Crippen molar-refractivity contribution < 1.29 is 14.6 Å². The van der Waals surface area contributed by atoms with Gasteiger partial charge in [0.25, 0.3) is 0 Å². The van der Waals surface area contributed by atoms with Crippen LogP contribution in [0.2, 0.25) is 0 Å². The third-order valence-electron chi connectivity index (χ3n) is 3.94. The van der Waals surface area contributed by atoms with E-state index in [0.29, 0.717) is 17.5 Å². The molecule has 1 aliphatic rings. The predicted octanol–water partition coefficient (Wildman–Crippen LogP) is 3.45. The third-order valence-corrected chi connectivity index (χ3v) is 4.70. The smallest absolute Gasteiger partial charge is 0.328 e. The van der Waals surface area contributed by atoms with Gasteiger partial charge in [0.1, 0.15) is 11.8 Å². The van der Waals surface area contributed by atoms with Crippen molar-refractivity contribution in [1.82, 2.24) is 9.38 Å². The minimum absolute atomic E-state index is 0.167. The minimum atomic E-state index is -0.975. The molecule has 0 saturated heterocycles. The number of hydrogen-bond acceptors (Lipinski definition) is 4. The Hall–Kier alpha value is -1.82. The first-order chi connectivity index (χ1) is 10.1. The Kier molecular flexibility index (Phi) is 3.96. The second kappa shape index (κ2) is 5.89. The van der Waals surface area contributed by atoms with Crippen LogP contribution in [-0.4, -0.2) is 26.6 Å². The number of imidazole rings is 1. The van der Waals surface area contributed by atoms with E-state index in [2.05, 4.69) is 11.9 Å². The molecule has 3 rings (SSSR count). The van der Waals surface area contributed by atoms with E-state index in [4.69, 9.17) is 9.84 Å². The average molecular weight is 306 g/mol. The van der Waals surface area contributed by atoms with Crippen LogP contribution in [0.4, 0.5) is 0 Å². The second-order valence-electron chi connectivity index (χ2n) is 5.45. The van der Waals surface area contributed by atoms with Gasteiger partial charge in [-0.3, -0.25) is 4.40 Å². The lowest BCUT2D eigenvalue weighted by atomic mass is 9.88. The van der Waals surface area contributed by atoms with E-state index < -0.39 is 5.97 Å². The monoisotopic (exact) mass is 306 g/mol.